The molecular formula is C23H19ClN2O4. The van der Waals surface area contributed by atoms with Crippen LogP contribution in [0, 0.1) is 11.8 Å². The number of ketones is 1. The maximum atomic E-state index is 13.7. The predicted molar refractivity (Wildman–Crippen MR) is 112 cm³/mol. The second-order valence-corrected chi connectivity index (χ2v) is 8.21. The van der Waals surface area contributed by atoms with E-state index in [0.717, 1.165) is 16.0 Å². The smallest absolute Gasteiger partial charge is 0.240 e. The Labute approximate surface area is 178 Å². The van der Waals surface area contributed by atoms with E-state index in [9.17, 15) is 14.4 Å². The molecule has 2 aromatic carbocycles. The lowest BCUT2D eigenvalue weighted by Crippen LogP contribution is -2.43. The first-order valence-corrected chi connectivity index (χ1v) is 10.1. The lowest BCUT2D eigenvalue weighted by atomic mass is 9.84. The van der Waals surface area contributed by atoms with Crippen molar-refractivity contribution in [3.05, 3.63) is 64.8 Å². The molecule has 0 N–H and O–H groups in total. The number of imide groups is 1. The summed E-state index contributed by atoms with van der Waals surface area (Å²) in [5.41, 5.74) is 2.24. The van der Waals surface area contributed by atoms with Crippen LogP contribution in [0.5, 0.6) is 5.75 Å². The van der Waals surface area contributed by atoms with E-state index in [0.29, 0.717) is 16.5 Å². The Hall–Kier alpha value is -3.12. The predicted octanol–water partition coefficient (Wildman–Crippen LogP) is 3.45. The van der Waals surface area contributed by atoms with Crippen LogP contribution in [0.15, 0.2) is 48.7 Å². The van der Waals surface area contributed by atoms with Gasteiger partial charge in [0.25, 0.3) is 0 Å². The first-order chi connectivity index (χ1) is 14.4. The van der Waals surface area contributed by atoms with Gasteiger partial charge in [0.15, 0.2) is 5.78 Å². The number of amides is 2. The Morgan fingerprint density at radius 2 is 1.80 bits per heavy atom. The Balaban J connectivity index is 1.67. The maximum Gasteiger partial charge on any atom is 0.240 e. The van der Waals surface area contributed by atoms with E-state index in [1.54, 1.807) is 18.2 Å². The molecule has 0 unspecified atom stereocenters. The van der Waals surface area contributed by atoms with E-state index >= 15 is 0 Å². The average Bonchev–Trinajstić information content (AvgIpc) is 3.21. The van der Waals surface area contributed by atoms with Crippen molar-refractivity contribution in [3.63, 3.8) is 0 Å². The van der Waals surface area contributed by atoms with Crippen LogP contribution in [-0.2, 0) is 14.4 Å². The third kappa shape index (κ3) is 2.46. The Bertz CT molecular complexity index is 1130. The van der Waals surface area contributed by atoms with Gasteiger partial charge in [0, 0.05) is 11.2 Å². The monoisotopic (exact) mass is 422 g/mol. The number of hydrogen-bond acceptors (Lipinski definition) is 5. The number of benzene rings is 2. The highest BCUT2D eigenvalue weighted by atomic mass is 35.5. The van der Waals surface area contributed by atoms with Crippen LogP contribution < -0.4 is 9.64 Å². The molecule has 2 saturated heterocycles. The molecule has 0 spiro atoms. The standard InChI is InChI=1S/C23H19ClN2O4/c1-12(27)20-18-19(21-15-6-4-3-5-13(15)9-10-25(20)21)23(29)26(22(18)28)16-11-14(24)7-8-17(16)30-2/h3-11,18-21H,1-2H3/t18-,19+,20-,21-/m1/s1. The summed E-state index contributed by atoms with van der Waals surface area (Å²) in [6.07, 6.45) is 3.76. The van der Waals surface area contributed by atoms with Gasteiger partial charge in [-0.25, -0.2) is 4.90 Å². The average molecular weight is 423 g/mol. The van der Waals surface area contributed by atoms with Crippen LogP contribution in [0.1, 0.15) is 24.1 Å². The highest BCUT2D eigenvalue weighted by molar-refractivity contribution is 6.31. The number of carbonyl (C=O) groups excluding carboxylic acids is 3. The second-order valence-electron chi connectivity index (χ2n) is 7.77. The fourth-order valence-corrected chi connectivity index (χ4v) is 5.26. The van der Waals surface area contributed by atoms with Crippen LogP contribution in [0.3, 0.4) is 0 Å². The molecule has 0 aromatic heterocycles. The highest BCUT2D eigenvalue weighted by Crippen LogP contribution is 2.54. The van der Waals surface area contributed by atoms with Crippen molar-refractivity contribution in [2.75, 3.05) is 12.0 Å². The third-order valence-electron chi connectivity index (χ3n) is 6.26. The summed E-state index contributed by atoms with van der Waals surface area (Å²) in [4.78, 5) is 42.9. The van der Waals surface area contributed by atoms with E-state index < -0.39 is 23.8 Å². The van der Waals surface area contributed by atoms with Crippen LogP contribution >= 0.6 is 11.6 Å². The number of fused-ring (bicyclic) bond motifs is 5. The van der Waals surface area contributed by atoms with Crippen molar-refractivity contribution in [2.24, 2.45) is 11.8 Å². The van der Waals surface area contributed by atoms with E-state index in [-0.39, 0.29) is 17.7 Å². The number of methoxy groups -OCH3 is 1. The highest BCUT2D eigenvalue weighted by Gasteiger charge is 2.64. The lowest BCUT2D eigenvalue weighted by molar-refractivity contribution is -0.129. The number of halogens is 1. The normalized spacial score (nSPS) is 26.5. The molecule has 3 heterocycles. The van der Waals surface area contributed by atoms with Crippen molar-refractivity contribution >= 4 is 41.0 Å². The molecule has 5 rings (SSSR count). The fraction of sp³-hybridized carbons (Fsp3) is 0.261. The molecule has 2 fully saturated rings. The van der Waals surface area contributed by atoms with Gasteiger partial charge in [-0.05, 0) is 42.3 Å². The Morgan fingerprint density at radius 1 is 1.07 bits per heavy atom. The van der Waals surface area contributed by atoms with Crippen LogP contribution in [0.25, 0.3) is 6.08 Å². The van der Waals surface area contributed by atoms with Gasteiger partial charge in [-0.15, -0.1) is 0 Å². The molecule has 30 heavy (non-hydrogen) atoms. The van der Waals surface area contributed by atoms with Gasteiger partial charge in [-0.3, -0.25) is 14.4 Å². The number of hydrogen-bond donors (Lipinski definition) is 0. The lowest BCUT2D eigenvalue weighted by Gasteiger charge is -2.35. The largest absolute Gasteiger partial charge is 0.495 e. The minimum absolute atomic E-state index is 0.141. The number of Topliss-reactive ketones (excluding diaryl/α,β-unsaturated/α-hetero) is 1. The van der Waals surface area contributed by atoms with E-state index in [4.69, 9.17) is 16.3 Å². The Morgan fingerprint density at radius 3 is 2.53 bits per heavy atom. The minimum atomic E-state index is -0.764. The molecule has 3 aliphatic heterocycles. The number of nitrogens with zero attached hydrogens (tertiary/aromatic N) is 2. The van der Waals surface area contributed by atoms with Gasteiger partial charge in [0.2, 0.25) is 11.8 Å². The maximum absolute atomic E-state index is 13.7. The van der Waals surface area contributed by atoms with Crippen molar-refractivity contribution in [1.82, 2.24) is 4.90 Å². The van der Waals surface area contributed by atoms with Crippen molar-refractivity contribution < 1.29 is 19.1 Å². The molecule has 2 aromatic rings. The molecule has 3 aliphatic rings. The first kappa shape index (κ1) is 18.9. The molecule has 4 atom stereocenters. The zero-order valence-corrected chi connectivity index (χ0v) is 17.2. The summed E-state index contributed by atoms with van der Waals surface area (Å²) < 4.78 is 5.38. The number of ether oxygens (including phenoxy) is 1. The topological polar surface area (TPSA) is 66.9 Å². The first-order valence-electron chi connectivity index (χ1n) is 9.70. The van der Waals surface area contributed by atoms with E-state index in [2.05, 4.69) is 0 Å². The quantitative estimate of drug-likeness (QED) is 0.709. The minimum Gasteiger partial charge on any atom is -0.495 e. The number of rotatable bonds is 3. The van der Waals surface area contributed by atoms with Crippen LogP contribution in [0.2, 0.25) is 5.02 Å². The fourth-order valence-electron chi connectivity index (χ4n) is 5.10. The molecule has 7 heteroatoms. The van der Waals surface area contributed by atoms with Gasteiger partial charge < -0.3 is 9.64 Å². The number of anilines is 1. The molecule has 6 nitrogen and oxygen atoms in total. The molecule has 0 bridgehead atoms. The molecule has 2 amide bonds. The molecule has 0 aliphatic carbocycles. The van der Waals surface area contributed by atoms with Gasteiger partial charge in [0.05, 0.1) is 36.7 Å². The van der Waals surface area contributed by atoms with Crippen LogP contribution in [-0.4, -0.2) is 35.6 Å². The van der Waals surface area contributed by atoms with Gasteiger partial charge in [0.1, 0.15) is 5.75 Å². The van der Waals surface area contributed by atoms with E-state index in [1.807, 2.05) is 41.4 Å². The number of carbonyl (C=O) groups is 3. The summed E-state index contributed by atoms with van der Waals surface area (Å²) >= 11 is 6.15. The molecular weight excluding hydrogens is 404 g/mol. The van der Waals surface area contributed by atoms with E-state index in [1.165, 1.54) is 14.0 Å². The SMILES string of the molecule is COc1ccc(Cl)cc1N1C(=O)[C@@H]2[C@H](C1=O)[C@H]1c3ccccc3C=CN1[C@@H]2C(C)=O. The molecule has 152 valence electrons. The van der Waals surface area contributed by atoms with Crippen molar-refractivity contribution in [2.45, 2.75) is 19.0 Å². The summed E-state index contributed by atoms with van der Waals surface area (Å²) in [5, 5.41) is 0.388. The summed E-state index contributed by atoms with van der Waals surface area (Å²) in [5.74, 6) is -1.93. The second kappa shape index (κ2) is 6.71. The molecule has 0 radical (unpaired) electrons. The summed E-state index contributed by atoms with van der Waals surface area (Å²) in [6, 6.07) is 11.5. The van der Waals surface area contributed by atoms with Gasteiger partial charge in [-0.2, -0.15) is 0 Å². The van der Waals surface area contributed by atoms with Gasteiger partial charge in [-0.1, -0.05) is 35.9 Å². The van der Waals surface area contributed by atoms with Crippen molar-refractivity contribution in [1.29, 1.82) is 0 Å². The van der Waals surface area contributed by atoms with Crippen molar-refractivity contribution in [3.8, 4) is 5.75 Å². The zero-order chi connectivity index (χ0) is 21.2. The molecule has 0 saturated carbocycles. The van der Waals surface area contributed by atoms with Crippen LogP contribution in [0.4, 0.5) is 5.69 Å². The zero-order valence-electron chi connectivity index (χ0n) is 16.4. The summed E-state index contributed by atoms with van der Waals surface area (Å²) in [6.45, 7) is 1.47. The third-order valence-corrected chi connectivity index (χ3v) is 6.49. The Kier molecular flexibility index (Phi) is 4.22. The summed E-state index contributed by atoms with van der Waals surface area (Å²) in [7, 11) is 1.47. The van der Waals surface area contributed by atoms with Gasteiger partial charge >= 0.3 is 0 Å².